The van der Waals surface area contributed by atoms with Crippen molar-refractivity contribution in [1.82, 2.24) is 4.57 Å². The standard InChI is InChI=1S/C20H23NO4S/c1-12-9-17(13(2)21(12)14-5-6-14)18(22)11-25-20(23)16-8-7-15(26-4)10-19(16)24-3/h7-10,14H,5-6,11H2,1-4H3. The highest BCUT2D eigenvalue weighted by Gasteiger charge is 2.28. The molecule has 0 unspecified atom stereocenters. The van der Waals surface area contributed by atoms with Crippen LogP contribution in [0.2, 0.25) is 0 Å². The Hall–Kier alpha value is -2.21. The average Bonchev–Trinajstić information content (AvgIpc) is 3.43. The highest BCUT2D eigenvalue weighted by molar-refractivity contribution is 7.98. The fourth-order valence-electron chi connectivity index (χ4n) is 3.21. The molecule has 0 atom stereocenters. The van der Waals surface area contributed by atoms with E-state index in [9.17, 15) is 9.59 Å². The topological polar surface area (TPSA) is 57.5 Å². The van der Waals surface area contributed by atoms with Crippen LogP contribution in [0.3, 0.4) is 0 Å². The molecule has 0 N–H and O–H groups in total. The summed E-state index contributed by atoms with van der Waals surface area (Å²) in [6.45, 7) is 3.68. The first kappa shape index (κ1) is 18.6. The van der Waals surface area contributed by atoms with Crippen molar-refractivity contribution in [2.75, 3.05) is 20.0 Å². The van der Waals surface area contributed by atoms with Crippen molar-refractivity contribution in [3.63, 3.8) is 0 Å². The number of Topliss-reactive ketones (excluding diaryl/α,β-unsaturated/α-hetero) is 1. The van der Waals surface area contributed by atoms with Gasteiger partial charge in [-0.05, 0) is 57.2 Å². The quantitative estimate of drug-likeness (QED) is 0.413. The zero-order valence-corrected chi connectivity index (χ0v) is 16.3. The minimum absolute atomic E-state index is 0.182. The molecule has 1 saturated carbocycles. The zero-order valence-electron chi connectivity index (χ0n) is 15.5. The Morgan fingerprint density at radius 1 is 1.19 bits per heavy atom. The Labute approximate surface area is 157 Å². The van der Waals surface area contributed by atoms with Crippen LogP contribution in [-0.4, -0.2) is 36.3 Å². The molecule has 0 aliphatic heterocycles. The molecule has 0 radical (unpaired) electrons. The Kier molecular flexibility index (Phi) is 5.41. The van der Waals surface area contributed by atoms with Gasteiger partial charge in [0.1, 0.15) is 11.3 Å². The summed E-state index contributed by atoms with van der Waals surface area (Å²) in [5, 5.41) is 0. The zero-order chi connectivity index (χ0) is 18.8. The van der Waals surface area contributed by atoms with Crippen molar-refractivity contribution in [2.45, 2.75) is 37.6 Å². The van der Waals surface area contributed by atoms with E-state index in [-0.39, 0.29) is 12.4 Å². The number of hydrogen-bond acceptors (Lipinski definition) is 5. The van der Waals surface area contributed by atoms with Crippen LogP contribution in [0.25, 0.3) is 0 Å². The molecule has 1 heterocycles. The third-order valence-electron chi connectivity index (χ3n) is 4.66. The van der Waals surface area contributed by atoms with Crippen LogP contribution < -0.4 is 4.74 Å². The first-order valence-corrected chi connectivity index (χ1v) is 9.79. The van der Waals surface area contributed by atoms with Crippen molar-refractivity contribution < 1.29 is 19.1 Å². The number of benzene rings is 1. The van der Waals surface area contributed by atoms with E-state index in [4.69, 9.17) is 9.47 Å². The molecule has 2 aromatic rings. The molecule has 1 aliphatic carbocycles. The Bertz CT molecular complexity index is 852. The van der Waals surface area contributed by atoms with E-state index < -0.39 is 5.97 Å². The molecule has 5 nitrogen and oxygen atoms in total. The first-order chi connectivity index (χ1) is 12.5. The maximum Gasteiger partial charge on any atom is 0.342 e. The molecular formula is C20H23NO4S. The number of carbonyl (C=O) groups excluding carboxylic acids is 2. The maximum absolute atomic E-state index is 12.5. The summed E-state index contributed by atoms with van der Waals surface area (Å²) in [5.41, 5.74) is 2.98. The predicted molar refractivity (Wildman–Crippen MR) is 102 cm³/mol. The number of methoxy groups -OCH3 is 1. The van der Waals surface area contributed by atoms with E-state index in [1.807, 2.05) is 32.2 Å². The lowest BCUT2D eigenvalue weighted by molar-refractivity contribution is 0.0471. The Morgan fingerprint density at radius 3 is 2.54 bits per heavy atom. The van der Waals surface area contributed by atoms with Crippen LogP contribution in [-0.2, 0) is 4.74 Å². The van der Waals surface area contributed by atoms with Gasteiger partial charge in [0.25, 0.3) is 0 Å². The molecule has 138 valence electrons. The number of nitrogens with zero attached hydrogens (tertiary/aromatic N) is 1. The van der Waals surface area contributed by atoms with Crippen LogP contribution in [0.1, 0.15) is 51.0 Å². The van der Waals surface area contributed by atoms with Crippen molar-refractivity contribution in [3.05, 3.63) is 46.8 Å². The van der Waals surface area contributed by atoms with Crippen molar-refractivity contribution in [1.29, 1.82) is 0 Å². The SMILES string of the molecule is COc1cc(SC)ccc1C(=O)OCC(=O)c1cc(C)n(C2CC2)c1C. The lowest BCUT2D eigenvalue weighted by Gasteiger charge is -2.10. The number of ketones is 1. The van der Waals surface area contributed by atoms with Crippen molar-refractivity contribution in [3.8, 4) is 5.75 Å². The van der Waals surface area contributed by atoms with Gasteiger partial charge < -0.3 is 14.0 Å². The Balaban J connectivity index is 1.70. The van der Waals surface area contributed by atoms with Crippen LogP contribution in [0.4, 0.5) is 0 Å². The van der Waals surface area contributed by atoms with E-state index in [0.717, 1.165) is 29.1 Å². The molecule has 26 heavy (non-hydrogen) atoms. The largest absolute Gasteiger partial charge is 0.496 e. The predicted octanol–water partition coefficient (Wildman–Crippen LogP) is 4.21. The fraction of sp³-hybridized carbons (Fsp3) is 0.400. The van der Waals surface area contributed by atoms with E-state index in [1.165, 1.54) is 7.11 Å². The van der Waals surface area contributed by atoms with Gasteiger partial charge in [-0.2, -0.15) is 0 Å². The third kappa shape index (κ3) is 3.65. The van der Waals surface area contributed by atoms with Crippen LogP contribution in [0, 0.1) is 13.8 Å². The number of aryl methyl sites for hydroxylation is 1. The van der Waals surface area contributed by atoms with Crippen LogP contribution in [0.15, 0.2) is 29.2 Å². The molecule has 0 amide bonds. The van der Waals surface area contributed by atoms with Crippen molar-refractivity contribution >= 4 is 23.5 Å². The van der Waals surface area contributed by atoms with E-state index in [1.54, 1.807) is 23.9 Å². The molecule has 1 aromatic carbocycles. The molecule has 6 heteroatoms. The molecule has 0 spiro atoms. The average molecular weight is 373 g/mol. The van der Waals surface area contributed by atoms with E-state index >= 15 is 0 Å². The van der Waals surface area contributed by atoms with Gasteiger partial charge in [-0.25, -0.2) is 4.79 Å². The molecule has 3 rings (SSSR count). The number of ether oxygens (including phenoxy) is 2. The second-order valence-electron chi connectivity index (χ2n) is 6.45. The summed E-state index contributed by atoms with van der Waals surface area (Å²) in [5.74, 6) is -0.293. The van der Waals surface area contributed by atoms with Gasteiger partial charge >= 0.3 is 5.97 Å². The second-order valence-corrected chi connectivity index (χ2v) is 7.33. The Morgan fingerprint density at radius 2 is 1.92 bits per heavy atom. The smallest absolute Gasteiger partial charge is 0.342 e. The van der Waals surface area contributed by atoms with Crippen LogP contribution in [0.5, 0.6) is 5.75 Å². The van der Waals surface area contributed by atoms with Gasteiger partial charge in [-0.3, -0.25) is 4.79 Å². The molecular weight excluding hydrogens is 350 g/mol. The minimum atomic E-state index is -0.557. The minimum Gasteiger partial charge on any atom is -0.496 e. The summed E-state index contributed by atoms with van der Waals surface area (Å²) in [7, 11) is 1.51. The lowest BCUT2D eigenvalue weighted by Crippen LogP contribution is -2.15. The maximum atomic E-state index is 12.5. The van der Waals surface area contributed by atoms with Gasteiger partial charge in [-0.15, -0.1) is 11.8 Å². The molecule has 1 fully saturated rings. The summed E-state index contributed by atoms with van der Waals surface area (Å²) >= 11 is 1.56. The van der Waals surface area contributed by atoms with Gasteiger partial charge in [-0.1, -0.05) is 0 Å². The molecule has 1 aromatic heterocycles. The number of hydrogen-bond donors (Lipinski definition) is 0. The molecule has 0 bridgehead atoms. The highest BCUT2D eigenvalue weighted by Crippen LogP contribution is 2.38. The van der Waals surface area contributed by atoms with Gasteiger partial charge in [0, 0.05) is 27.9 Å². The van der Waals surface area contributed by atoms with Crippen LogP contribution >= 0.6 is 11.8 Å². The van der Waals surface area contributed by atoms with E-state index in [2.05, 4.69) is 4.57 Å². The number of rotatable bonds is 7. The van der Waals surface area contributed by atoms with Gasteiger partial charge in [0.05, 0.1) is 7.11 Å². The van der Waals surface area contributed by atoms with Gasteiger partial charge in [0.2, 0.25) is 5.78 Å². The molecule has 0 saturated heterocycles. The number of carbonyl (C=O) groups is 2. The van der Waals surface area contributed by atoms with E-state index in [0.29, 0.717) is 22.9 Å². The lowest BCUT2D eigenvalue weighted by atomic mass is 10.1. The first-order valence-electron chi connectivity index (χ1n) is 8.57. The number of aromatic nitrogens is 1. The summed E-state index contributed by atoms with van der Waals surface area (Å²) < 4.78 is 12.7. The summed E-state index contributed by atoms with van der Waals surface area (Å²) in [6.07, 6.45) is 4.26. The highest BCUT2D eigenvalue weighted by atomic mass is 32.2. The van der Waals surface area contributed by atoms with Crippen molar-refractivity contribution in [2.24, 2.45) is 0 Å². The normalized spacial score (nSPS) is 13.5. The molecule has 1 aliphatic rings. The van der Waals surface area contributed by atoms with Gasteiger partial charge in [0.15, 0.2) is 6.61 Å². The fourth-order valence-corrected chi connectivity index (χ4v) is 3.64. The third-order valence-corrected chi connectivity index (χ3v) is 5.39. The monoisotopic (exact) mass is 373 g/mol. The number of esters is 1. The second kappa shape index (κ2) is 7.58. The number of thioether (sulfide) groups is 1. The summed E-state index contributed by atoms with van der Waals surface area (Å²) in [4.78, 5) is 25.9. The summed E-state index contributed by atoms with van der Waals surface area (Å²) in [6, 6.07) is 7.67.